The molecule has 0 aliphatic carbocycles. The number of nitrogens with zero attached hydrogens (tertiary/aromatic N) is 2. The Hall–Kier alpha value is -4.65. The minimum Gasteiger partial charge on any atom is -0.441 e. The Labute approximate surface area is 291 Å². The topological polar surface area (TPSA) is 163 Å². The Morgan fingerprint density at radius 2 is 1.61 bits per heavy atom. The van der Waals surface area contributed by atoms with E-state index in [9.17, 15) is 24.0 Å². The van der Waals surface area contributed by atoms with Crippen molar-refractivity contribution in [2.45, 2.75) is 71.1 Å². The van der Waals surface area contributed by atoms with Gasteiger partial charge in [-0.15, -0.1) is 0 Å². The second kappa shape index (κ2) is 17.7. The monoisotopic (exact) mass is 690 g/mol. The van der Waals surface area contributed by atoms with Crippen molar-refractivity contribution in [1.82, 2.24) is 31.2 Å². The van der Waals surface area contributed by atoms with Gasteiger partial charge in [-0.25, -0.2) is 4.98 Å². The van der Waals surface area contributed by atoms with Crippen molar-refractivity contribution in [3.63, 3.8) is 0 Å². The van der Waals surface area contributed by atoms with E-state index in [1.54, 1.807) is 27.7 Å². The molecule has 13 heteroatoms. The summed E-state index contributed by atoms with van der Waals surface area (Å²) in [6.45, 7) is 6.48. The van der Waals surface area contributed by atoms with Gasteiger partial charge in [-0.3, -0.25) is 24.0 Å². The van der Waals surface area contributed by atoms with Crippen LogP contribution < -0.4 is 21.3 Å². The lowest BCUT2D eigenvalue weighted by atomic mass is 10.0. The van der Waals surface area contributed by atoms with Gasteiger partial charge in [-0.1, -0.05) is 62.4 Å². The highest BCUT2D eigenvalue weighted by Crippen LogP contribution is 2.22. The lowest BCUT2D eigenvalue weighted by Gasteiger charge is -2.29. The molecular formula is C36H46N6O6S. The van der Waals surface area contributed by atoms with Gasteiger partial charge in [-0.05, 0) is 62.3 Å². The average Bonchev–Trinajstić information content (AvgIpc) is 3.44. The van der Waals surface area contributed by atoms with Crippen LogP contribution in [0.15, 0.2) is 65.1 Å². The minimum atomic E-state index is -0.970. The number of carbonyl (C=O) groups is 5. The Balaban J connectivity index is 1.68. The molecular weight excluding hydrogens is 644 g/mol. The van der Waals surface area contributed by atoms with Crippen molar-refractivity contribution in [3.8, 4) is 11.5 Å². The maximum atomic E-state index is 14.0. The summed E-state index contributed by atoms with van der Waals surface area (Å²) in [5.74, 6) is -1.33. The molecule has 1 aliphatic rings. The second-order valence-corrected chi connectivity index (χ2v) is 13.6. The standard InChI is InChI=1S/C36H46N6O6S/c1-22(2)32-35(47)39-28(16-17-49-5)34(46)37-23(3)33(45)38-27(18-25-12-8-6-9-13-25)20-42(21-30(43)41-32)31(44)19-29-24(4)48-36(40-29)26-14-10-7-11-15-26/h6-15,22-23,27-28,32H,16-21H2,1-5H3,(H,37,46)(H,38,45)(H,39,47)(H,41,43)/t23-,27+,28-,32-/m0/s1. The molecule has 0 bridgehead atoms. The molecule has 4 atom stereocenters. The van der Waals surface area contributed by atoms with Gasteiger partial charge in [0.1, 0.15) is 23.9 Å². The molecule has 1 saturated heterocycles. The molecule has 1 aromatic heterocycles. The summed E-state index contributed by atoms with van der Waals surface area (Å²) in [4.78, 5) is 73.9. The highest BCUT2D eigenvalue weighted by molar-refractivity contribution is 7.98. The lowest BCUT2D eigenvalue weighted by Crippen LogP contribution is -2.57. The van der Waals surface area contributed by atoms with Crippen LogP contribution in [0, 0.1) is 12.8 Å². The number of rotatable bonds is 9. The predicted octanol–water partition coefficient (Wildman–Crippen LogP) is 2.65. The van der Waals surface area contributed by atoms with Crippen LogP contribution >= 0.6 is 11.8 Å². The fourth-order valence-electron chi connectivity index (χ4n) is 5.53. The van der Waals surface area contributed by atoms with Crippen LogP contribution in [0.25, 0.3) is 11.5 Å². The lowest BCUT2D eigenvalue weighted by molar-refractivity contribution is -0.137. The zero-order chi connectivity index (χ0) is 35.5. The van der Waals surface area contributed by atoms with Crippen molar-refractivity contribution in [3.05, 3.63) is 77.7 Å². The Morgan fingerprint density at radius 3 is 2.27 bits per heavy atom. The first-order valence-electron chi connectivity index (χ1n) is 16.5. The van der Waals surface area contributed by atoms with Crippen LogP contribution in [0.2, 0.25) is 0 Å². The number of oxazole rings is 1. The van der Waals surface area contributed by atoms with Gasteiger partial charge in [-0.2, -0.15) is 11.8 Å². The minimum absolute atomic E-state index is 0.0229. The SMILES string of the molecule is CSCC[C@@H]1NC(=O)[C@H](C(C)C)NC(=O)CN(C(=O)Cc2nc(-c3ccccc3)oc2C)C[C@@H](Cc2ccccc2)NC(=O)[C@H](C)NC1=O. The van der Waals surface area contributed by atoms with Crippen molar-refractivity contribution >= 4 is 41.3 Å². The van der Waals surface area contributed by atoms with Gasteiger partial charge in [0, 0.05) is 12.1 Å². The molecule has 12 nitrogen and oxygen atoms in total. The predicted molar refractivity (Wildman–Crippen MR) is 188 cm³/mol. The van der Waals surface area contributed by atoms with Crippen LogP contribution in [0.5, 0.6) is 0 Å². The fourth-order valence-corrected chi connectivity index (χ4v) is 6.00. The molecule has 1 aliphatic heterocycles. The van der Waals surface area contributed by atoms with Gasteiger partial charge in [0.2, 0.25) is 35.4 Å². The smallest absolute Gasteiger partial charge is 0.243 e. The molecule has 0 saturated carbocycles. The van der Waals surface area contributed by atoms with Crippen molar-refractivity contribution < 1.29 is 28.4 Å². The van der Waals surface area contributed by atoms with Crippen molar-refractivity contribution in [2.24, 2.45) is 5.92 Å². The van der Waals surface area contributed by atoms with E-state index in [4.69, 9.17) is 4.42 Å². The van der Waals surface area contributed by atoms with E-state index in [0.717, 1.165) is 11.1 Å². The molecule has 0 unspecified atom stereocenters. The number of carbonyl (C=O) groups excluding carboxylic acids is 5. The quantitative estimate of drug-likeness (QED) is 0.267. The van der Waals surface area contributed by atoms with Gasteiger partial charge < -0.3 is 30.6 Å². The first-order chi connectivity index (χ1) is 23.4. The highest BCUT2D eigenvalue weighted by atomic mass is 32.2. The molecule has 49 heavy (non-hydrogen) atoms. The van der Waals surface area contributed by atoms with Crippen LogP contribution in [0.1, 0.15) is 44.2 Å². The Kier molecular flexibility index (Phi) is 13.4. The van der Waals surface area contributed by atoms with Gasteiger partial charge in [0.05, 0.1) is 24.7 Å². The number of nitrogens with one attached hydrogen (secondary N) is 4. The third-order valence-electron chi connectivity index (χ3n) is 8.29. The summed E-state index contributed by atoms with van der Waals surface area (Å²) in [5.41, 5.74) is 2.10. The van der Waals surface area contributed by atoms with Gasteiger partial charge in [0.25, 0.3) is 0 Å². The van der Waals surface area contributed by atoms with Crippen LogP contribution in [-0.2, 0) is 36.8 Å². The molecule has 4 N–H and O–H groups in total. The summed E-state index contributed by atoms with van der Waals surface area (Å²) in [6, 6.07) is 15.4. The summed E-state index contributed by atoms with van der Waals surface area (Å²) in [6.07, 6.45) is 2.42. The van der Waals surface area contributed by atoms with E-state index >= 15 is 0 Å². The molecule has 1 fully saturated rings. The molecule has 0 radical (unpaired) electrons. The Morgan fingerprint density at radius 1 is 0.939 bits per heavy atom. The number of benzene rings is 2. The van der Waals surface area contributed by atoms with E-state index in [1.165, 1.54) is 16.7 Å². The summed E-state index contributed by atoms with van der Waals surface area (Å²) >= 11 is 1.52. The Bertz CT molecular complexity index is 1600. The zero-order valence-electron chi connectivity index (χ0n) is 28.7. The number of amides is 5. The highest BCUT2D eigenvalue weighted by Gasteiger charge is 2.33. The van der Waals surface area contributed by atoms with E-state index in [2.05, 4.69) is 26.3 Å². The maximum absolute atomic E-state index is 14.0. The summed E-state index contributed by atoms with van der Waals surface area (Å²) in [7, 11) is 0. The van der Waals surface area contributed by atoms with Crippen LogP contribution in [-0.4, -0.2) is 88.7 Å². The third-order valence-corrected chi connectivity index (χ3v) is 8.94. The fraction of sp³-hybridized carbons (Fsp3) is 0.444. The van der Waals surface area contributed by atoms with E-state index < -0.39 is 53.7 Å². The molecule has 4 rings (SSSR count). The summed E-state index contributed by atoms with van der Waals surface area (Å²) < 4.78 is 5.88. The van der Waals surface area contributed by atoms with Crippen molar-refractivity contribution in [1.29, 1.82) is 0 Å². The molecule has 2 heterocycles. The first kappa shape index (κ1) is 37.2. The molecule has 0 spiro atoms. The second-order valence-electron chi connectivity index (χ2n) is 12.6. The zero-order valence-corrected chi connectivity index (χ0v) is 29.5. The van der Waals surface area contributed by atoms with E-state index in [1.807, 2.05) is 66.9 Å². The molecule has 3 aromatic rings. The maximum Gasteiger partial charge on any atom is 0.243 e. The number of aromatic nitrogens is 1. The van der Waals surface area contributed by atoms with Gasteiger partial charge >= 0.3 is 0 Å². The number of hydrogen-bond acceptors (Lipinski definition) is 8. The largest absolute Gasteiger partial charge is 0.441 e. The number of hydrogen-bond donors (Lipinski definition) is 4. The molecule has 5 amide bonds. The van der Waals surface area contributed by atoms with E-state index in [0.29, 0.717) is 35.9 Å². The van der Waals surface area contributed by atoms with Crippen LogP contribution in [0.4, 0.5) is 0 Å². The average molecular weight is 691 g/mol. The van der Waals surface area contributed by atoms with Crippen molar-refractivity contribution in [2.75, 3.05) is 25.1 Å². The summed E-state index contributed by atoms with van der Waals surface area (Å²) in [5, 5.41) is 11.3. The van der Waals surface area contributed by atoms with E-state index in [-0.39, 0.29) is 25.4 Å². The van der Waals surface area contributed by atoms with Gasteiger partial charge in [0.15, 0.2) is 0 Å². The molecule has 262 valence electrons. The number of aryl methyl sites for hydroxylation is 1. The first-order valence-corrected chi connectivity index (χ1v) is 17.9. The van der Waals surface area contributed by atoms with Crippen LogP contribution in [0.3, 0.4) is 0 Å². The molecule has 2 aromatic carbocycles. The normalized spacial score (nSPS) is 21.2. The third kappa shape index (κ3) is 10.7. The number of thioether (sulfide) groups is 1.